The molecule has 1 aromatic heterocycles. The third kappa shape index (κ3) is 5.10. The molecule has 1 rings (SSSR count). The fourth-order valence-corrected chi connectivity index (χ4v) is 2.28. The van der Waals surface area contributed by atoms with Crippen LogP contribution in [0.3, 0.4) is 0 Å². The minimum absolute atomic E-state index is 0.0558. The van der Waals surface area contributed by atoms with Crippen molar-refractivity contribution in [1.29, 1.82) is 0 Å². The Bertz CT molecular complexity index is 395. The second kappa shape index (κ2) is 8.99. The number of aromatic nitrogens is 2. The molecule has 0 aliphatic carbocycles. The van der Waals surface area contributed by atoms with Gasteiger partial charge < -0.3 is 15.0 Å². The molecule has 0 aromatic carbocycles. The molecule has 2 N–H and O–H groups in total. The third-order valence-electron chi connectivity index (χ3n) is 2.36. The van der Waals surface area contributed by atoms with Gasteiger partial charge in [0, 0.05) is 37.8 Å². The Labute approximate surface area is 112 Å². The highest BCUT2D eigenvalue weighted by atomic mass is 32.2. The summed E-state index contributed by atoms with van der Waals surface area (Å²) >= 11 is 1.76. The zero-order chi connectivity index (χ0) is 13.2. The number of aliphatic hydroxyl groups excluding tert-OH is 1. The number of nitrogens with zero attached hydrogens (tertiary/aromatic N) is 2. The highest BCUT2D eigenvalue weighted by Crippen LogP contribution is 2.02. The number of rotatable bonds is 9. The smallest absolute Gasteiger partial charge is 0.293 e. The first-order valence-electron chi connectivity index (χ1n) is 6.27. The van der Waals surface area contributed by atoms with Crippen LogP contribution in [0.15, 0.2) is 17.2 Å². The molecule has 5 nitrogen and oxygen atoms in total. The van der Waals surface area contributed by atoms with Crippen LogP contribution in [-0.2, 0) is 6.54 Å². The first kappa shape index (κ1) is 15.0. The molecule has 18 heavy (non-hydrogen) atoms. The highest BCUT2D eigenvalue weighted by molar-refractivity contribution is 7.99. The van der Waals surface area contributed by atoms with Crippen LogP contribution in [0, 0.1) is 0 Å². The maximum atomic E-state index is 11.9. The zero-order valence-corrected chi connectivity index (χ0v) is 11.6. The Hall–Kier alpha value is -1.01. The molecule has 0 fully saturated rings. The van der Waals surface area contributed by atoms with Gasteiger partial charge in [-0.15, -0.1) is 0 Å². The molecule has 6 heteroatoms. The van der Waals surface area contributed by atoms with Crippen molar-refractivity contribution in [1.82, 2.24) is 9.55 Å². The second-order valence-electron chi connectivity index (χ2n) is 3.89. The Morgan fingerprint density at radius 3 is 3.06 bits per heavy atom. The average Bonchev–Trinajstić information content (AvgIpc) is 2.38. The number of aryl methyl sites for hydroxylation is 1. The Morgan fingerprint density at radius 1 is 1.50 bits per heavy atom. The van der Waals surface area contributed by atoms with Crippen LogP contribution in [-0.4, -0.2) is 39.3 Å². The van der Waals surface area contributed by atoms with Crippen LogP contribution in [0.1, 0.15) is 19.8 Å². The van der Waals surface area contributed by atoms with Crippen LogP contribution < -0.4 is 10.9 Å². The molecule has 0 saturated heterocycles. The van der Waals surface area contributed by atoms with E-state index in [1.54, 1.807) is 28.7 Å². The van der Waals surface area contributed by atoms with Crippen molar-refractivity contribution in [2.75, 3.05) is 30.0 Å². The van der Waals surface area contributed by atoms with E-state index in [0.717, 1.165) is 30.9 Å². The Balaban J connectivity index is 2.38. The molecule has 0 aliphatic heterocycles. The van der Waals surface area contributed by atoms with Gasteiger partial charge in [-0.25, -0.2) is 4.98 Å². The topological polar surface area (TPSA) is 67.2 Å². The van der Waals surface area contributed by atoms with E-state index in [9.17, 15) is 4.79 Å². The van der Waals surface area contributed by atoms with Crippen LogP contribution in [0.5, 0.6) is 0 Å². The normalized spacial score (nSPS) is 10.6. The zero-order valence-electron chi connectivity index (χ0n) is 10.8. The number of hydrogen-bond donors (Lipinski definition) is 2. The van der Waals surface area contributed by atoms with Crippen molar-refractivity contribution in [3.8, 4) is 0 Å². The van der Waals surface area contributed by atoms with E-state index in [2.05, 4.69) is 10.3 Å². The molecule has 0 unspecified atom stereocenters. The Kier molecular flexibility index (Phi) is 7.52. The molecular formula is C12H21N3O2S. The van der Waals surface area contributed by atoms with Gasteiger partial charge in [0.05, 0.1) is 0 Å². The minimum atomic E-state index is -0.0558. The van der Waals surface area contributed by atoms with Gasteiger partial charge in [0.1, 0.15) is 0 Å². The van der Waals surface area contributed by atoms with Crippen molar-refractivity contribution in [2.45, 2.75) is 26.3 Å². The van der Waals surface area contributed by atoms with Crippen molar-refractivity contribution in [3.05, 3.63) is 22.7 Å². The van der Waals surface area contributed by atoms with Gasteiger partial charge in [-0.1, -0.05) is 6.92 Å². The molecule has 102 valence electrons. The highest BCUT2D eigenvalue weighted by Gasteiger charge is 2.02. The number of nitrogens with one attached hydrogen (secondary N) is 1. The molecule has 0 saturated carbocycles. The summed E-state index contributed by atoms with van der Waals surface area (Å²) in [5.41, 5.74) is -0.0558. The second-order valence-corrected chi connectivity index (χ2v) is 5.12. The summed E-state index contributed by atoms with van der Waals surface area (Å²) in [4.78, 5) is 16.0. The molecular weight excluding hydrogens is 250 g/mol. The number of aliphatic hydroxyl groups is 1. The largest absolute Gasteiger partial charge is 0.396 e. The standard InChI is InChI=1S/C12H21N3O2S/c1-2-6-15-7-4-13-11(12(15)17)14-5-10-18-9-3-8-16/h4,7,16H,2-3,5-6,8-10H2,1H3,(H,13,14). The van der Waals surface area contributed by atoms with Gasteiger partial charge in [0.25, 0.3) is 5.56 Å². The van der Waals surface area contributed by atoms with Crippen molar-refractivity contribution >= 4 is 17.6 Å². The number of thioether (sulfide) groups is 1. The Morgan fingerprint density at radius 2 is 2.33 bits per heavy atom. The first-order chi connectivity index (χ1) is 8.79. The van der Waals surface area contributed by atoms with Gasteiger partial charge >= 0.3 is 0 Å². The van der Waals surface area contributed by atoms with Crippen LogP contribution in [0.25, 0.3) is 0 Å². The average molecular weight is 271 g/mol. The fraction of sp³-hybridized carbons (Fsp3) is 0.667. The van der Waals surface area contributed by atoms with Gasteiger partial charge in [0.15, 0.2) is 5.82 Å². The van der Waals surface area contributed by atoms with Gasteiger partial charge in [0.2, 0.25) is 0 Å². The van der Waals surface area contributed by atoms with Crippen LogP contribution in [0.2, 0.25) is 0 Å². The maximum absolute atomic E-state index is 11.9. The molecule has 1 aromatic rings. The SMILES string of the molecule is CCCn1ccnc(NCCSCCCO)c1=O. The summed E-state index contributed by atoms with van der Waals surface area (Å²) in [5.74, 6) is 2.28. The van der Waals surface area contributed by atoms with E-state index < -0.39 is 0 Å². The first-order valence-corrected chi connectivity index (χ1v) is 7.43. The molecule has 0 aliphatic rings. The van der Waals surface area contributed by atoms with Crippen molar-refractivity contribution < 1.29 is 5.11 Å². The summed E-state index contributed by atoms with van der Waals surface area (Å²) in [7, 11) is 0. The van der Waals surface area contributed by atoms with E-state index >= 15 is 0 Å². The van der Waals surface area contributed by atoms with Gasteiger partial charge in [-0.05, 0) is 18.6 Å². The number of anilines is 1. The summed E-state index contributed by atoms with van der Waals surface area (Å²) < 4.78 is 1.67. The lowest BCUT2D eigenvalue weighted by atomic mass is 10.4. The van der Waals surface area contributed by atoms with Gasteiger partial charge in [-0.2, -0.15) is 11.8 Å². The van der Waals surface area contributed by atoms with E-state index in [1.807, 2.05) is 6.92 Å². The predicted molar refractivity (Wildman–Crippen MR) is 76.3 cm³/mol. The molecule has 1 heterocycles. The van der Waals surface area contributed by atoms with E-state index in [1.165, 1.54) is 0 Å². The fourth-order valence-electron chi connectivity index (χ4n) is 1.50. The minimum Gasteiger partial charge on any atom is -0.396 e. The molecule has 0 amide bonds. The third-order valence-corrected chi connectivity index (χ3v) is 3.43. The summed E-state index contributed by atoms with van der Waals surface area (Å²) in [6, 6.07) is 0. The lowest BCUT2D eigenvalue weighted by molar-refractivity contribution is 0.296. The quantitative estimate of drug-likeness (QED) is 0.660. The van der Waals surface area contributed by atoms with E-state index in [0.29, 0.717) is 12.4 Å². The monoisotopic (exact) mass is 271 g/mol. The molecule has 0 bridgehead atoms. The molecule has 0 atom stereocenters. The molecule has 0 radical (unpaired) electrons. The van der Waals surface area contributed by atoms with Crippen molar-refractivity contribution in [3.63, 3.8) is 0 Å². The van der Waals surface area contributed by atoms with Crippen LogP contribution in [0.4, 0.5) is 5.82 Å². The summed E-state index contributed by atoms with van der Waals surface area (Å²) in [5, 5.41) is 11.7. The van der Waals surface area contributed by atoms with E-state index in [-0.39, 0.29) is 12.2 Å². The lowest BCUT2D eigenvalue weighted by Gasteiger charge is -2.07. The number of hydrogen-bond acceptors (Lipinski definition) is 5. The van der Waals surface area contributed by atoms with Crippen molar-refractivity contribution in [2.24, 2.45) is 0 Å². The van der Waals surface area contributed by atoms with E-state index in [4.69, 9.17) is 5.11 Å². The van der Waals surface area contributed by atoms with Gasteiger partial charge in [-0.3, -0.25) is 4.79 Å². The molecule has 0 spiro atoms. The lowest BCUT2D eigenvalue weighted by Crippen LogP contribution is -2.25. The van der Waals surface area contributed by atoms with Crippen LogP contribution >= 0.6 is 11.8 Å². The summed E-state index contributed by atoms with van der Waals surface area (Å²) in [6.45, 7) is 3.72. The predicted octanol–water partition coefficient (Wildman–Crippen LogP) is 1.18. The maximum Gasteiger partial charge on any atom is 0.293 e. The summed E-state index contributed by atoms with van der Waals surface area (Å²) in [6.07, 6.45) is 5.11.